The third-order valence-corrected chi connectivity index (χ3v) is 2.98. The van der Waals surface area contributed by atoms with Gasteiger partial charge in [-0.15, -0.1) is 0 Å². The highest BCUT2D eigenvalue weighted by molar-refractivity contribution is 9.10. The molecule has 0 saturated heterocycles. The molecule has 0 bridgehead atoms. The molecular formula is C11H15BrFNO2. The molecule has 0 aliphatic carbocycles. The average molecular weight is 292 g/mol. The number of aliphatic hydroxyl groups excluding tert-OH is 2. The zero-order valence-corrected chi connectivity index (χ0v) is 10.5. The number of nitrogens with zero attached hydrogens (tertiary/aromatic N) is 1. The Hall–Kier alpha value is -0.490. The maximum atomic E-state index is 12.9. The van der Waals surface area contributed by atoms with Crippen molar-refractivity contribution in [1.29, 1.82) is 0 Å². The predicted molar refractivity (Wildman–Crippen MR) is 63.5 cm³/mol. The average Bonchev–Trinajstić information content (AvgIpc) is 2.23. The molecule has 0 aromatic heterocycles. The predicted octanol–water partition coefficient (Wildman–Crippen LogP) is 1.37. The van der Waals surface area contributed by atoms with Crippen LogP contribution < -0.4 is 0 Å². The second kappa shape index (κ2) is 6.96. The van der Waals surface area contributed by atoms with Gasteiger partial charge in [-0.2, -0.15) is 0 Å². The molecule has 0 atom stereocenters. The van der Waals surface area contributed by atoms with Crippen LogP contribution in [-0.4, -0.2) is 41.4 Å². The molecule has 1 rings (SSSR count). The fourth-order valence-corrected chi connectivity index (χ4v) is 1.92. The van der Waals surface area contributed by atoms with Crippen molar-refractivity contribution in [3.63, 3.8) is 0 Å². The number of halogens is 2. The van der Waals surface area contributed by atoms with Crippen molar-refractivity contribution in [1.82, 2.24) is 4.90 Å². The van der Waals surface area contributed by atoms with Crippen LogP contribution in [0, 0.1) is 5.82 Å². The Morgan fingerprint density at radius 2 is 1.81 bits per heavy atom. The van der Waals surface area contributed by atoms with E-state index >= 15 is 0 Å². The van der Waals surface area contributed by atoms with Gasteiger partial charge in [-0.25, -0.2) is 4.39 Å². The van der Waals surface area contributed by atoms with Crippen LogP contribution in [0.25, 0.3) is 0 Å². The van der Waals surface area contributed by atoms with Crippen LogP contribution in [0.3, 0.4) is 0 Å². The molecule has 0 aliphatic heterocycles. The number of rotatable bonds is 6. The Labute approximate surface area is 103 Å². The summed E-state index contributed by atoms with van der Waals surface area (Å²) in [6, 6.07) is 4.50. The summed E-state index contributed by atoms with van der Waals surface area (Å²) in [7, 11) is 0. The molecule has 1 aromatic rings. The van der Waals surface area contributed by atoms with Gasteiger partial charge in [0, 0.05) is 24.1 Å². The van der Waals surface area contributed by atoms with Crippen molar-refractivity contribution in [2.75, 3.05) is 26.3 Å². The number of benzene rings is 1. The van der Waals surface area contributed by atoms with Crippen LogP contribution in [0.2, 0.25) is 0 Å². The quantitative estimate of drug-likeness (QED) is 0.832. The molecule has 0 unspecified atom stereocenters. The second-order valence-electron chi connectivity index (χ2n) is 3.46. The van der Waals surface area contributed by atoms with Gasteiger partial charge in [0.25, 0.3) is 0 Å². The summed E-state index contributed by atoms with van der Waals surface area (Å²) in [6.45, 7) is 1.63. The molecular weight excluding hydrogens is 277 g/mol. The first-order valence-corrected chi connectivity index (χ1v) is 5.84. The molecule has 0 saturated carbocycles. The first-order chi connectivity index (χ1) is 7.67. The maximum absolute atomic E-state index is 12.9. The van der Waals surface area contributed by atoms with Crippen molar-refractivity contribution < 1.29 is 14.6 Å². The van der Waals surface area contributed by atoms with Gasteiger partial charge in [0.1, 0.15) is 5.82 Å². The lowest BCUT2D eigenvalue weighted by molar-refractivity contribution is 0.155. The first-order valence-electron chi connectivity index (χ1n) is 5.05. The molecule has 0 radical (unpaired) electrons. The number of aliphatic hydroxyl groups is 2. The molecule has 0 fully saturated rings. The third kappa shape index (κ3) is 4.17. The zero-order chi connectivity index (χ0) is 12.0. The lowest BCUT2D eigenvalue weighted by Gasteiger charge is -2.20. The molecule has 5 heteroatoms. The molecule has 0 amide bonds. The maximum Gasteiger partial charge on any atom is 0.124 e. The highest BCUT2D eigenvalue weighted by Crippen LogP contribution is 2.19. The van der Waals surface area contributed by atoms with Crippen LogP contribution in [0.5, 0.6) is 0 Å². The van der Waals surface area contributed by atoms with Crippen LogP contribution >= 0.6 is 15.9 Å². The topological polar surface area (TPSA) is 43.7 Å². The van der Waals surface area contributed by atoms with E-state index in [4.69, 9.17) is 10.2 Å². The second-order valence-corrected chi connectivity index (χ2v) is 4.31. The van der Waals surface area contributed by atoms with Gasteiger partial charge in [0.05, 0.1) is 13.2 Å². The highest BCUT2D eigenvalue weighted by atomic mass is 79.9. The Balaban J connectivity index is 2.68. The largest absolute Gasteiger partial charge is 0.395 e. The summed E-state index contributed by atoms with van der Waals surface area (Å²) in [5.74, 6) is -0.286. The van der Waals surface area contributed by atoms with Crippen LogP contribution in [0.15, 0.2) is 22.7 Å². The van der Waals surface area contributed by atoms with E-state index in [9.17, 15) is 4.39 Å². The van der Waals surface area contributed by atoms with E-state index in [1.54, 1.807) is 6.07 Å². The van der Waals surface area contributed by atoms with Gasteiger partial charge < -0.3 is 10.2 Å². The summed E-state index contributed by atoms with van der Waals surface area (Å²) in [5, 5.41) is 17.7. The van der Waals surface area contributed by atoms with E-state index < -0.39 is 0 Å². The summed E-state index contributed by atoms with van der Waals surface area (Å²) < 4.78 is 13.6. The Morgan fingerprint density at radius 1 is 1.19 bits per heavy atom. The molecule has 0 spiro atoms. The lowest BCUT2D eigenvalue weighted by Crippen LogP contribution is -2.29. The molecule has 0 aliphatic rings. The molecule has 0 heterocycles. The van der Waals surface area contributed by atoms with E-state index in [2.05, 4.69) is 15.9 Å². The smallest absolute Gasteiger partial charge is 0.124 e. The van der Waals surface area contributed by atoms with Crippen molar-refractivity contribution >= 4 is 15.9 Å². The Morgan fingerprint density at radius 3 is 2.31 bits per heavy atom. The molecule has 3 nitrogen and oxygen atoms in total. The zero-order valence-electron chi connectivity index (χ0n) is 8.87. The fraction of sp³-hybridized carbons (Fsp3) is 0.455. The fourth-order valence-electron chi connectivity index (χ4n) is 1.44. The minimum absolute atomic E-state index is 0.0405. The SMILES string of the molecule is OCCN(CCO)Cc1ccc(F)cc1Br. The summed E-state index contributed by atoms with van der Waals surface area (Å²) in [4.78, 5) is 1.90. The molecule has 90 valence electrons. The lowest BCUT2D eigenvalue weighted by atomic mass is 10.2. The van der Waals surface area contributed by atoms with Gasteiger partial charge >= 0.3 is 0 Å². The standard InChI is InChI=1S/C11H15BrFNO2/c12-11-7-10(13)2-1-9(11)8-14(3-5-15)4-6-16/h1-2,7,15-16H,3-6,8H2. The van der Waals surface area contributed by atoms with Crippen LogP contribution in [0.1, 0.15) is 5.56 Å². The van der Waals surface area contributed by atoms with E-state index in [-0.39, 0.29) is 19.0 Å². The third-order valence-electron chi connectivity index (χ3n) is 2.24. The van der Waals surface area contributed by atoms with Gasteiger partial charge in [-0.3, -0.25) is 4.90 Å². The minimum Gasteiger partial charge on any atom is -0.395 e. The highest BCUT2D eigenvalue weighted by Gasteiger charge is 2.08. The van der Waals surface area contributed by atoms with E-state index in [0.29, 0.717) is 24.1 Å². The van der Waals surface area contributed by atoms with Crippen molar-refractivity contribution in [2.45, 2.75) is 6.54 Å². The monoisotopic (exact) mass is 291 g/mol. The van der Waals surface area contributed by atoms with Crippen molar-refractivity contribution in [2.24, 2.45) is 0 Å². The Bertz CT molecular complexity index is 330. The van der Waals surface area contributed by atoms with E-state index in [1.165, 1.54) is 12.1 Å². The van der Waals surface area contributed by atoms with Gasteiger partial charge in [0.15, 0.2) is 0 Å². The first kappa shape index (κ1) is 13.6. The number of hydrogen-bond donors (Lipinski definition) is 2. The van der Waals surface area contributed by atoms with Crippen LogP contribution in [-0.2, 0) is 6.54 Å². The van der Waals surface area contributed by atoms with Crippen molar-refractivity contribution in [3.8, 4) is 0 Å². The summed E-state index contributed by atoms with van der Waals surface area (Å²) in [6.07, 6.45) is 0. The van der Waals surface area contributed by atoms with Gasteiger partial charge in [-0.1, -0.05) is 22.0 Å². The van der Waals surface area contributed by atoms with E-state index in [1.807, 2.05) is 4.90 Å². The summed E-state index contributed by atoms with van der Waals surface area (Å²) in [5.41, 5.74) is 0.934. The van der Waals surface area contributed by atoms with E-state index in [0.717, 1.165) is 5.56 Å². The normalized spacial score (nSPS) is 11.1. The van der Waals surface area contributed by atoms with Crippen LogP contribution in [0.4, 0.5) is 4.39 Å². The van der Waals surface area contributed by atoms with Gasteiger partial charge in [-0.05, 0) is 17.7 Å². The molecule has 16 heavy (non-hydrogen) atoms. The summed E-state index contributed by atoms with van der Waals surface area (Å²) >= 11 is 3.29. The molecule has 1 aromatic carbocycles. The Kier molecular flexibility index (Phi) is 5.90. The number of hydrogen-bond acceptors (Lipinski definition) is 3. The van der Waals surface area contributed by atoms with Gasteiger partial charge in [0.2, 0.25) is 0 Å². The molecule has 2 N–H and O–H groups in total. The van der Waals surface area contributed by atoms with Crippen molar-refractivity contribution in [3.05, 3.63) is 34.1 Å². The minimum atomic E-state index is -0.286.